The molecule has 0 saturated heterocycles. The quantitative estimate of drug-likeness (QED) is 0.729. The second-order valence-electron chi connectivity index (χ2n) is 4.63. The largest absolute Gasteiger partial charge is 0.508 e. The van der Waals surface area contributed by atoms with Gasteiger partial charge >= 0.3 is 0 Å². The van der Waals surface area contributed by atoms with Crippen LogP contribution in [0.25, 0.3) is 22.4 Å². The number of hydrogen-bond acceptors (Lipinski definition) is 2. The van der Waals surface area contributed by atoms with E-state index in [2.05, 4.69) is 4.98 Å². The smallest absolute Gasteiger partial charge is 0.140 e. The highest BCUT2D eigenvalue weighted by Gasteiger charge is 2.11. The van der Waals surface area contributed by atoms with Crippen molar-refractivity contribution < 1.29 is 5.11 Å². The number of aryl methyl sites for hydroxylation is 2. The van der Waals surface area contributed by atoms with Gasteiger partial charge in [0.15, 0.2) is 0 Å². The SMILES string of the molecule is Cc1ccc(-c2nc3cc(Cl)ccc3n2C)cc1O. The molecule has 0 amide bonds. The van der Waals surface area contributed by atoms with Crippen LogP contribution in [0.3, 0.4) is 0 Å². The predicted molar refractivity (Wildman–Crippen MR) is 77.6 cm³/mol. The lowest BCUT2D eigenvalue weighted by Gasteiger charge is -2.04. The summed E-state index contributed by atoms with van der Waals surface area (Å²) >= 11 is 5.98. The number of imidazole rings is 1. The molecule has 19 heavy (non-hydrogen) atoms. The third-order valence-corrected chi connectivity index (χ3v) is 3.55. The number of phenolic OH excluding ortho intramolecular Hbond substituents is 1. The number of aromatic nitrogens is 2. The van der Waals surface area contributed by atoms with Crippen LogP contribution in [-0.4, -0.2) is 14.7 Å². The molecule has 0 spiro atoms. The number of halogens is 1. The highest BCUT2D eigenvalue weighted by atomic mass is 35.5. The number of benzene rings is 2. The van der Waals surface area contributed by atoms with Crippen LogP contribution >= 0.6 is 11.6 Å². The van der Waals surface area contributed by atoms with Gasteiger partial charge in [0.25, 0.3) is 0 Å². The second kappa shape index (κ2) is 4.28. The van der Waals surface area contributed by atoms with Crippen molar-refractivity contribution in [1.29, 1.82) is 0 Å². The van der Waals surface area contributed by atoms with Crippen LogP contribution in [0.1, 0.15) is 5.56 Å². The Morgan fingerprint density at radius 1 is 1.16 bits per heavy atom. The fraction of sp³-hybridized carbons (Fsp3) is 0.133. The molecule has 0 fully saturated rings. The third-order valence-electron chi connectivity index (χ3n) is 3.31. The van der Waals surface area contributed by atoms with Crippen LogP contribution in [-0.2, 0) is 7.05 Å². The fourth-order valence-electron chi connectivity index (χ4n) is 2.18. The second-order valence-corrected chi connectivity index (χ2v) is 5.07. The summed E-state index contributed by atoms with van der Waals surface area (Å²) in [5.41, 5.74) is 3.60. The molecular weight excluding hydrogens is 260 g/mol. The van der Waals surface area contributed by atoms with Gasteiger partial charge in [-0.1, -0.05) is 23.7 Å². The molecule has 0 radical (unpaired) electrons. The molecule has 0 aliphatic carbocycles. The minimum Gasteiger partial charge on any atom is -0.508 e. The van der Waals surface area contributed by atoms with E-state index in [0.717, 1.165) is 28.0 Å². The maximum absolute atomic E-state index is 9.81. The summed E-state index contributed by atoms with van der Waals surface area (Å²) in [6.45, 7) is 1.87. The summed E-state index contributed by atoms with van der Waals surface area (Å²) in [6.07, 6.45) is 0. The number of nitrogens with zero attached hydrogens (tertiary/aromatic N) is 2. The molecule has 0 bridgehead atoms. The minimum atomic E-state index is 0.280. The lowest BCUT2D eigenvalue weighted by molar-refractivity contribution is 0.471. The first-order chi connectivity index (χ1) is 9.06. The molecule has 0 atom stereocenters. The zero-order chi connectivity index (χ0) is 13.6. The summed E-state index contributed by atoms with van der Waals surface area (Å²) < 4.78 is 2.00. The molecule has 0 saturated carbocycles. The van der Waals surface area contributed by atoms with E-state index in [9.17, 15) is 5.11 Å². The molecule has 4 heteroatoms. The van der Waals surface area contributed by atoms with E-state index in [-0.39, 0.29) is 5.75 Å². The van der Waals surface area contributed by atoms with E-state index in [4.69, 9.17) is 11.6 Å². The van der Waals surface area contributed by atoms with E-state index in [1.54, 1.807) is 6.07 Å². The monoisotopic (exact) mass is 272 g/mol. The Kier molecular flexibility index (Phi) is 2.72. The van der Waals surface area contributed by atoms with Crippen molar-refractivity contribution in [2.75, 3.05) is 0 Å². The van der Waals surface area contributed by atoms with Gasteiger partial charge in [0, 0.05) is 17.6 Å². The van der Waals surface area contributed by atoms with Gasteiger partial charge in [-0.25, -0.2) is 4.98 Å². The Morgan fingerprint density at radius 3 is 2.68 bits per heavy atom. The Labute approximate surface area is 116 Å². The van der Waals surface area contributed by atoms with Crippen molar-refractivity contribution in [2.45, 2.75) is 6.92 Å². The first kappa shape index (κ1) is 12.1. The van der Waals surface area contributed by atoms with Crippen LogP contribution < -0.4 is 0 Å². The molecule has 2 aromatic carbocycles. The molecule has 3 rings (SSSR count). The van der Waals surface area contributed by atoms with Gasteiger partial charge in [0.05, 0.1) is 11.0 Å². The average molecular weight is 273 g/mol. The molecule has 0 aliphatic rings. The molecule has 0 unspecified atom stereocenters. The van der Waals surface area contributed by atoms with Crippen molar-refractivity contribution in [1.82, 2.24) is 9.55 Å². The topological polar surface area (TPSA) is 38.0 Å². The molecule has 0 aliphatic heterocycles. The molecular formula is C15H13ClN2O. The minimum absolute atomic E-state index is 0.280. The van der Waals surface area contributed by atoms with Gasteiger partial charge in [-0.2, -0.15) is 0 Å². The highest BCUT2D eigenvalue weighted by Crippen LogP contribution is 2.28. The van der Waals surface area contributed by atoms with Crippen molar-refractivity contribution in [3.05, 3.63) is 47.0 Å². The lowest BCUT2D eigenvalue weighted by atomic mass is 10.1. The van der Waals surface area contributed by atoms with Gasteiger partial charge in [0.1, 0.15) is 11.6 Å². The molecule has 3 nitrogen and oxygen atoms in total. The maximum Gasteiger partial charge on any atom is 0.140 e. The third kappa shape index (κ3) is 1.96. The first-order valence-corrected chi connectivity index (χ1v) is 6.36. The number of fused-ring (bicyclic) bond motifs is 1. The van der Waals surface area contributed by atoms with Gasteiger partial charge in [-0.3, -0.25) is 0 Å². The van der Waals surface area contributed by atoms with E-state index < -0.39 is 0 Å². The maximum atomic E-state index is 9.81. The first-order valence-electron chi connectivity index (χ1n) is 5.98. The molecule has 96 valence electrons. The van der Waals surface area contributed by atoms with Gasteiger partial charge in [-0.15, -0.1) is 0 Å². The van der Waals surface area contributed by atoms with Crippen LogP contribution in [0.5, 0.6) is 5.75 Å². The van der Waals surface area contributed by atoms with Gasteiger partial charge in [0.2, 0.25) is 0 Å². The Morgan fingerprint density at radius 2 is 1.95 bits per heavy atom. The van der Waals surface area contributed by atoms with Crippen molar-refractivity contribution in [2.24, 2.45) is 7.05 Å². The molecule has 1 N–H and O–H groups in total. The average Bonchev–Trinajstić information content (AvgIpc) is 2.70. The van der Waals surface area contributed by atoms with Crippen LogP contribution in [0, 0.1) is 6.92 Å². The standard InChI is InChI=1S/C15H13ClN2O/c1-9-3-4-10(7-14(9)19)15-17-12-8-11(16)5-6-13(12)18(15)2/h3-8,19H,1-2H3. The van der Waals surface area contributed by atoms with E-state index >= 15 is 0 Å². The lowest BCUT2D eigenvalue weighted by Crippen LogP contribution is -1.92. The van der Waals surface area contributed by atoms with Crippen molar-refractivity contribution >= 4 is 22.6 Å². The number of hydrogen-bond donors (Lipinski definition) is 1. The molecule has 3 aromatic rings. The Balaban J connectivity index is 2.24. The number of phenols is 1. The van der Waals surface area contributed by atoms with E-state index in [0.29, 0.717) is 5.02 Å². The summed E-state index contributed by atoms with van der Waals surface area (Å²) in [5, 5.41) is 10.5. The Hall–Kier alpha value is -2.00. The number of aromatic hydroxyl groups is 1. The molecule has 1 heterocycles. The van der Waals surface area contributed by atoms with Crippen LogP contribution in [0.15, 0.2) is 36.4 Å². The van der Waals surface area contributed by atoms with Gasteiger partial charge < -0.3 is 9.67 Å². The van der Waals surface area contributed by atoms with Crippen LogP contribution in [0.4, 0.5) is 0 Å². The number of rotatable bonds is 1. The fourth-order valence-corrected chi connectivity index (χ4v) is 2.35. The van der Waals surface area contributed by atoms with Gasteiger partial charge in [-0.05, 0) is 36.8 Å². The molecule has 1 aromatic heterocycles. The normalized spacial score (nSPS) is 11.1. The predicted octanol–water partition coefficient (Wildman–Crippen LogP) is 3.91. The zero-order valence-corrected chi connectivity index (χ0v) is 11.4. The summed E-state index contributed by atoms with van der Waals surface area (Å²) in [7, 11) is 1.95. The van der Waals surface area contributed by atoms with Crippen LogP contribution in [0.2, 0.25) is 5.02 Å². The Bertz CT molecular complexity index is 777. The highest BCUT2D eigenvalue weighted by molar-refractivity contribution is 6.31. The van der Waals surface area contributed by atoms with Crippen molar-refractivity contribution in [3.63, 3.8) is 0 Å². The van der Waals surface area contributed by atoms with E-state index in [1.165, 1.54) is 0 Å². The summed E-state index contributed by atoms with van der Waals surface area (Å²) in [5.74, 6) is 1.09. The summed E-state index contributed by atoms with van der Waals surface area (Å²) in [6, 6.07) is 11.2. The zero-order valence-electron chi connectivity index (χ0n) is 10.7. The van der Waals surface area contributed by atoms with E-state index in [1.807, 2.05) is 48.9 Å². The van der Waals surface area contributed by atoms with Crippen molar-refractivity contribution in [3.8, 4) is 17.1 Å². The summed E-state index contributed by atoms with van der Waals surface area (Å²) in [4.78, 5) is 4.58.